The van der Waals surface area contributed by atoms with Crippen molar-refractivity contribution in [2.24, 2.45) is 0 Å². The van der Waals surface area contributed by atoms with Crippen LogP contribution < -0.4 is 15.0 Å². The van der Waals surface area contributed by atoms with Gasteiger partial charge in [-0.1, -0.05) is 0 Å². The molecule has 0 aromatic heterocycles. The molecule has 102 valence electrons. The van der Waals surface area contributed by atoms with Gasteiger partial charge in [-0.05, 0) is 37.6 Å². The number of carbonyl (C=O) groups is 2. The lowest BCUT2D eigenvalue weighted by Crippen LogP contribution is -2.28. The first-order valence-corrected chi connectivity index (χ1v) is 6.50. The molecule has 1 N–H and O–H groups in total. The second kappa shape index (κ2) is 6.22. The van der Waals surface area contributed by atoms with Gasteiger partial charge in [-0.3, -0.25) is 9.59 Å². The molecule has 0 saturated carbocycles. The summed E-state index contributed by atoms with van der Waals surface area (Å²) in [6.07, 6.45) is 1.53. The number of carbonyl (C=O) groups excluding carboxylic acids is 2. The highest BCUT2D eigenvalue weighted by Crippen LogP contribution is 2.23. The molecule has 0 radical (unpaired) electrons. The molecule has 2 rings (SSSR count). The third kappa shape index (κ3) is 3.47. The topological polar surface area (TPSA) is 58.6 Å². The van der Waals surface area contributed by atoms with Gasteiger partial charge in [0.25, 0.3) is 5.91 Å². The fourth-order valence-electron chi connectivity index (χ4n) is 2.04. The number of amides is 2. The Bertz CT molecular complexity index is 456. The molecule has 1 fully saturated rings. The van der Waals surface area contributed by atoms with Crippen LogP contribution in [0.4, 0.5) is 5.69 Å². The molecule has 1 aromatic rings. The molecule has 1 aliphatic rings. The molecule has 19 heavy (non-hydrogen) atoms. The first-order chi connectivity index (χ1) is 9.20. The van der Waals surface area contributed by atoms with Crippen LogP contribution >= 0.6 is 0 Å². The quantitative estimate of drug-likeness (QED) is 0.871. The predicted octanol–water partition coefficient (Wildman–Crippen LogP) is 1.33. The average molecular weight is 262 g/mol. The van der Waals surface area contributed by atoms with Crippen LogP contribution in [-0.4, -0.2) is 31.5 Å². The Labute approximate surface area is 112 Å². The van der Waals surface area contributed by atoms with E-state index in [1.807, 2.05) is 19.1 Å². The lowest BCUT2D eigenvalue weighted by molar-refractivity contribution is -0.123. The number of benzene rings is 1. The number of hydrogen-bond acceptors (Lipinski definition) is 3. The van der Waals surface area contributed by atoms with Crippen molar-refractivity contribution in [3.63, 3.8) is 0 Å². The number of likely N-dealkylation sites (N-methyl/N-ethyl adjacent to an activating group) is 1. The lowest BCUT2D eigenvalue weighted by atomic mass is 10.3. The minimum absolute atomic E-state index is 0.00975. The van der Waals surface area contributed by atoms with E-state index in [2.05, 4.69) is 5.32 Å². The second-order valence-electron chi connectivity index (χ2n) is 4.39. The number of anilines is 1. The smallest absolute Gasteiger partial charge is 0.257 e. The van der Waals surface area contributed by atoms with Gasteiger partial charge in [0.05, 0.1) is 0 Å². The number of ether oxygens (including phenoxy) is 1. The molecule has 2 amide bonds. The zero-order valence-electron chi connectivity index (χ0n) is 11.0. The Balaban J connectivity index is 1.91. The first kappa shape index (κ1) is 13.4. The molecule has 0 bridgehead atoms. The second-order valence-corrected chi connectivity index (χ2v) is 4.39. The average Bonchev–Trinajstić information content (AvgIpc) is 2.84. The summed E-state index contributed by atoms with van der Waals surface area (Å²) in [5.74, 6) is 0.652. The summed E-state index contributed by atoms with van der Waals surface area (Å²) >= 11 is 0. The number of nitrogens with one attached hydrogen (secondary N) is 1. The molecule has 5 nitrogen and oxygen atoms in total. The zero-order valence-corrected chi connectivity index (χ0v) is 11.0. The summed E-state index contributed by atoms with van der Waals surface area (Å²) in [6.45, 7) is 3.24. The maximum atomic E-state index is 11.6. The maximum absolute atomic E-state index is 11.6. The van der Waals surface area contributed by atoms with Crippen LogP contribution in [0.2, 0.25) is 0 Å². The van der Waals surface area contributed by atoms with Crippen molar-refractivity contribution in [1.29, 1.82) is 0 Å². The molecule has 1 aliphatic heterocycles. The van der Waals surface area contributed by atoms with Gasteiger partial charge in [0.15, 0.2) is 6.61 Å². The first-order valence-electron chi connectivity index (χ1n) is 6.50. The van der Waals surface area contributed by atoms with Gasteiger partial charge in [0, 0.05) is 25.2 Å². The summed E-state index contributed by atoms with van der Waals surface area (Å²) in [6, 6.07) is 7.24. The van der Waals surface area contributed by atoms with Crippen LogP contribution in [0.5, 0.6) is 5.75 Å². The van der Waals surface area contributed by atoms with Crippen molar-refractivity contribution in [1.82, 2.24) is 5.32 Å². The number of hydrogen-bond donors (Lipinski definition) is 1. The van der Waals surface area contributed by atoms with Crippen molar-refractivity contribution < 1.29 is 14.3 Å². The van der Waals surface area contributed by atoms with Crippen LogP contribution in [0.15, 0.2) is 24.3 Å². The molecule has 5 heteroatoms. The fourth-order valence-corrected chi connectivity index (χ4v) is 2.04. The highest BCUT2D eigenvalue weighted by atomic mass is 16.5. The third-order valence-electron chi connectivity index (χ3n) is 2.97. The standard InChI is InChI=1S/C14H18N2O3/c1-2-15-13(17)10-19-12-7-5-11(6-8-12)16-9-3-4-14(16)18/h5-8H,2-4,9-10H2,1H3,(H,15,17). The molecule has 1 aromatic carbocycles. The summed E-state index contributed by atoms with van der Waals surface area (Å²) in [7, 11) is 0. The van der Waals surface area contributed by atoms with Crippen LogP contribution in [0.3, 0.4) is 0 Å². The summed E-state index contributed by atoms with van der Waals surface area (Å²) in [5, 5.41) is 2.66. The molecule has 0 atom stereocenters. The Hall–Kier alpha value is -2.04. The van der Waals surface area contributed by atoms with Crippen LogP contribution in [0.1, 0.15) is 19.8 Å². The van der Waals surface area contributed by atoms with Gasteiger partial charge in [-0.2, -0.15) is 0 Å². The Morgan fingerprint density at radius 2 is 2.11 bits per heavy atom. The maximum Gasteiger partial charge on any atom is 0.257 e. The van der Waals surface area contributed by atoms with Crippen molar-refractivity contribution in [3.05, 3.63) is 24.3 Å². The molecule has 0 aliphatic carbocycles. The minimum atomic E-state index is -0.138. The SMILES string of the molecule is CCNC(=O)COc1ccc(N2CCCC2=O)cc1. The fraction of sp³-hybridized carbons (Fsp3) is 0.429. The van der Waals surface area contributed by atoms with E-state index in [9.17, 15) is 9.59 Å². The van der Waals surface area contributed by atoms with Gasteiger partial charge in [-0.15, -0.1) is 0 Å². The van der Waals surface area contributed by atoms with E-state index in [0.717, 1.165) is 18.7 Å². The van der Waals surface area contributed by atoms with E-state index in [-0.39, 0.29) is 18.4 Å². The van der Waals surface area contributed by atoms with Crippen molar-refractivity contribution >= 4 is 17.5 Å². The van der Waals surface area contributed by atoms with Crippen molar-refractivity contribution in [2.45, 2.75) is 19.8 Å². The summed E-state index contributed by atoms with van der Waals surface area (Å²) < 4.78 is 5.35. The van der Waals surface area contributed by atoms with E-state index < -0.39 is 0 Å². The predicted molar refractivity (Wildman–Crippen MR) is 72.2 cm³/mol. The normalized spacial score (nSPS) is 14.6. The van der Waals surface area contributed by atoms with Crippen molar-refractivity contribution in [3.8, 4) is 5.75 Å². The highest BCUT2D eigenvalue weighted by molar-refractivity contribution is 5.95. The number of nitrogens with zero attached hydrogens (tertiary/aromatic N) is 1. The lowest BCUT2D eigenvalue weighted by Gasteiger charge is -2.16. The van der Waals surface area contributed by atoms with Crippen LogP contribution in [0, 0.1) is 0 Å². The molecule has 1 saturated heterocycles. The van der Waals surface area contributed by atoms with E-state index in [1.54, 1.807) is 17.0 Å². The van der Waals surface area contributed by atoms with E-state index >= 15 is 0 Å². The molecule has 0 unspecified atom stereocenters. The van der Waals surface area contributed by atoms with Gasteiger partial charge in [0.1, 0.15) is 5.75 Å². The Morgan fingerprint density at radius 3 is 2.68 bits per heavy atom. The highest BCUT2D eigenvalue weighted by Gasteiger charge is 2.21. The van der Waals surface area contributed by atoms with Gasteiger partial charge >= 0.3 is 0 Å². The third-order valence-corrected chi connectivity index (χ3v) is 2.97. The summed E-state index contributed by atoms with van der Waals surface area (Å²) in [5.41, 5.74) is 0.882. The van der Waals surface area contributed by atoms with E-state index in [1.165, 1.54) is 0 Å². The van der Waals surface area contributed by atoms with E-state index in [0.29, 0.717) is 18.7 Å². The zero-order chi connectivity index (χ0) is 13.7. The van der Waals surface area contributed by atoms with E-state index in [4.69, 9.17) is 4.74 Å². The summed E-state index contributed by atoms with van der Waals surface area (Å²) in [4.78, 5) is 24.6. The largest absolute Gasteiger partial charge is 0.484 e. The Kier molecular flexibility index (Phi) is 4.39. The molecular weight excluding hydrogens is 244 g/mol. The molecular formula is C14H18N2O3. The number of rotatable bonds is 5. The van der Waals surface area contributed by atoms with Crippen LogP contribution in [0.25, 0.3) is 0 Å². The van der Waals surface area contributed by atoms with Gasteiger partial charge in [-0.25, -0.2) is 0 Å². The minimum Gasteiger partial charge on any atom is -0.484 e. The van der Waals surface area contributed by atoms with Gasteiger partial charge in [0.2, 0.25) is 5.91 Å². The Morgan fingerprint density at radius 1 is 1.37 bits per heavy atom. The van der Waals surface area contributed by atoms with Gasteiger partial charge < -0.3 is 15.0 Å². The molecule has 1 heterocycles. The molecule has 0 spiro atoms. The monoisotopic (exact) mass is 262 g/mol. The van der Waals surface area contributed by atoms with Crippen molar-refractivity contribution in [2.75, 3.05) is 24.6 Å². The van der Waals surface area contributed by atoms with Crippen LogP contribution in [-0.2, 0) is 9.59 Å².